The molecule has 0 spiro atoms. The first-order chi connectivity index (χ1) is 10.7. The number of carbonyl (C=O) groups is 1. The predicted molar refractivity (Wildman–Crippen MR) is 85.9 cm³/mol. The fourth-order valence-corrected chi connectivity index (χ4v) is 3.12. The molecule has 3 aromatic rings. The van der Waals surface area contributed by atoms with Crippen molar-refractivity contribution in [1.29, 1.82) is 0 Å². The molecule has 2 aromatic heterocycles. The van der Waals surface area contributed by atoms with E-state index in [1.165, 1.54) is 11.3 Å². The van der Waals surface area contributed by atoms with Crippen LogP contribution in [-0.4, -0.2) is 27.8 Å². The Kier molecular flexibility index (Phi) is 4.17. The third kappa shape index (κ3) is 3.00. The monoisotopic (exact) mass is 316 g/mol. The molecule has 0 fully saturated rings. The standard InChI is InChI=1S/C15H16N4O2S/c1-19-8-10(11-5-3-4-6-12(11)19)7-13(20)16-15-18-17-14(22-15)9-21-2/h3-6,8H,7,9H2,1-2H3,(H,16,18,20). The zero-order valence-corrected chi connectivity index (χ0v) is 13.2. The second-order valence-corrected chi connectivity index (χ2v) is 6.00. The van der Waals surface area contributed by atoms with Crippen molar-refractivity contribution in [2.45, 2.75) is 13.0 Å². The highest BCUT2D eigenvalue weighted by Gasteiger charge is 2.12. The van der Waals surface area contributed by atoms with Crippen LogP contribution in [0.4, 0.5) is 5.13 Å². The molecule has 0 aliphatic rings. The molecular weight excluding hydrogens is 300 g/mol. The number of hydrogen-bond donors (Lipinski definition) is 1. The number of ether oxygens (including phenoxy) is 1. The van der Waals surface area contributed by atoms with Gasteiger partial charge in [0.05, 0.1) is 6.42 Å². The largest absolute Gasteiger partial charge is 0.377 e. The summed E-state index contributed by atoms with van der Waals surface area (Å²) in [6.07, 6.45) is 2.29. The number of aryl methyl sites for hydroxylation is 1. The third-order valence-electron chi connectivity index (χ3n) is 3.31. The van der Waals surface area contributed by atoms with Crippen LogP contribution in [0, 0.1) is 0 Å². The normalized spacial score (nSPS) is 11.0. The molecule has 0 saturated heterocycles. The Labute approximate surface area is 131 Å². The molecule has 3 rings (SSSR count). The molecule has 7 heteroatoms. The van der Waals surface area contributed by atoms with Gasteiger partial charge in [0.15, 0.2) is 0 Å². The maximum Gasteiger partial charge on any atom is 0.230 e. The van der Waals surface area contributed by atoms with Crippen LogP contribution in [-0.2, 0) is 29.6 Å². The summed E-state index contributed by atoms with van der Waals surface area (Å²) < 4.78 is 7.01. The molecule has 0 saturated carbocycles. The maximum atomic E-state index is 12.2. The number of anilines is 1. The van der Waals surface area contributed by atoms with E-state index < -0.39 is 0 Å². The van der Waals surface area contributed by atoms with Gasteiger partial charge in [0.2, 0.25) is 11.0 Å². The van der Waals surface area contributed by atoms with Crippen molar-refractivity contribution in [1.82, 2.24) is 14.8 Å². The molecule has 114 valence electrons. The lowest BCUT2D eigenvalue weighted by atomic mass is 10.1. The number of amides is 1. The van der Waals surface area contributed by atoms with Gasteiger partial charge >= 0.3 is 0 Å². The molecule has 0 radical (unpaired) electrons. The van der Waals surface area contributed by atoms with Crippen LogP contribution >= 0.6 is 11.3 Å². The minimum atomic E-state index is -0.100. The molecular formula is C15H16N4O2S. The van der Waals surface area contributed by atoms with Gasteiger partial charge in [-0.3, -0.25) is 4.79 Å². The minimum absolute atomic E-state index is 0.100. The molecule has 0 aliphatic heterocycles. The summed E-state index contributed by atoms with van der Waals surface area (Å²) in [6, 6.07) is 8.04. The molecule has 1 aromatic carbocycles. The molecule has 1 amide bonds. The van der Waals surface area contributed by atoms with Crippen molar-refractivity contribution >= 4 is 33.3 Å². The summed E-state index contributed by atoms with van der Waals surface area (Å²) in [6.45, 7) is 0.400. The summed E-state index contributed by atoms with van der Waals surface area (Å²) in [7, 11) is 3.58. The number of fused-ring (bicyclic) bond motifs is 1. The average molecular weight is 316 g/mol. The Balaban J connectivity index is 1.72. The van der Waals surface area contributed by atoms with Crippen LogP contribution < -0.4 is 5.32 Å². The zero-order valence-electron chi connectivity index (χ0n) is 12.4. The average Bonchev–Trinajstić information content (AvgIpc) is 3.06. The van der Waals surface area contributed by atoms with Crippen LogP contribution in [0.15, 0.2) is 30.5 Å². The zero-order chi connectivity index (χ0) is 15.5. The van der Waals surface area contributed by atoms with E-state index in [1.807, 2.05) is 42.1 Å². The molecule has 6 nitrogen and oxygen atoms in total. The quantitative estimate of drug-likeness (QED) is 0.784. The lowest BCUT2D eigenvalue weighted by Gasteiger charge is -2.00. The Hall–Kier alpha value is -2.25. The van der Waals surface area contributed by atoms with Gasteiger partial charge in [-0.2, -0.15) is 0 Å². The molecule has 2 heterocycles. The number of carbonyl (C=O) groups excluding carboxylic acids is 1. The summed E-state index contributed by atoms with van der Waals surface area (Å²) in [5, 5.41) is 13.0. The Morgan fingerprint density at radius 3 is 3.00 bits per heavy atom. The van der Waals surface area contributed by atoms with E-state index in [-0.39, 0.29) is 5.91 Å². The number of hydrogen-bond acceptors (Lipinski definition) is 5. The van der Waals surface area contributed by atoms with Gasteiger partial charge in [-0.05, 0) is 11.6 Å². The Morgan fingerprint density at radius 1 is 1.36 bits per heavy atom. The number of benzene rings is 1. The van der Waals surface area contributed by atoms with Crippen LogP contribution in [0.2, 0.25) is 0 Å². The fraction of sp³-hybridized carbons (Fsp3) is 0.267. The maximum absolute atomic E-state index is 12.2. The van der Waals surface area contributed by atoms with Crippen LogP contribution in [0.5, 0.6) is 0 Å². The van der Waals surface area contributed by atoms with E-state index in [0.717, 1.165) is 21.5 Å². The number of para-hydroxylation sites is 1. The first-order valence-corrected chi connectivity index (χ1v) is 7.63. The molecule has 0 unspecified atom stereocenters. The van der Waals surface area contributed by atoms with E-state index in [4.69, 9.17) is 4.74 Å². The highest BCUT2D eigenvalue weighted by atomic mass is 32.1. The SMILES string of the molecule is COCc1nnc(NC(=O)Cc2cn(C)c3ccccc23)s1. The number of nitrogens with zero attached hydrogens (tertiary/aromatic N) is 3. The van der Waals surface area contributed by atoms with E-state index >= 15 is 0 Å². The van der Waals surface area contributed by atoms with Crippen molar-refractivity contribution in [2.75, 3.05) is 12.4 Å². The van der Waals surface area contributed by atoms with Crippen molar-refractivity contribution in [3.8, 4) is 0 Å². The van der Waals surface area contributed by atoms with Gasteiger partial charge in [-0.1, -0.05) is 29.5 Å². The van der Waals surface area contributed by atoms with Gasteiger partial charge in [-0.15, -0.1) is 10.2 Å². The molecule has 0 atom stereocenters. The first-order valence-electron chi connectivity index (χ1n) is 6.81. The van der Waals surface area contributed by atoms with Gasteiger partial charge < -0.3 is 14.6 Å². The molecule has 0 aliphatic carbocycles. The van der Waals surface area contributed by atoms with E-state index in [1.54, 1.807) is 7.11 Å². The topological polar surface area (TPSA) is 69.0 Å². The van der Waals surface area contributed by atoms with Gasteiger partial charge in [0.1, 0.15) is 11.6 Å². The van der Waals surface area contributed by atoms with Gasteiger partial charge in [-0.25, -0.2) is 0 Å². The van der Waals surface area contributed by atoms with Crippen molar-refractivity contribution in [3.63, 3.8) is 0 Å². The van der Waals surface area contributed by atoms with E-state index in [0.29, 0.717) is 18.2 Å². The summed E-state index contributed by atoms with van der Waals surface area (Å²) in [5.74, 6) is -0.100. The number of rotatable bonds is 5. The fourth-order valence-electron chi connectivity index (χ4n) is 2.39. The van der Waals surface area contributed by atoms with Gasteiger partial charge in [0, 0.05) is 31.3 Å². The first kappa shape index (κ1) is 14.7. The Morgan fingerprint density at radius 2 is 2.18 bits per heavy atom. The van der Waals surface area contributed by atoms with Crippen molar-refractivity contribution in [2.24, 2.45) is 7.05 Å². The minimum Gasteiger partial charge on any atom is -0.377 e. The molecule has 0 bridgehead atoms. The smallest absolute Gasteiger partial charge is 0.230 e. The highest BCUT2D eigenvalue weighted by molar-refractivity contribution is 7.15. The van der Waals surface area contributed by atoms with E-state index in [9.17, 15) is 4.79 Å². The predicted octanol–water partition coefficient (Wildman–Crippen LogP) is 2.36. The molecule has 1 N–H and O–H groups in total. The van der Waals surface area contributed by atoms with Crippen LogP contribution in [0.25, 0.3) is 10.9 Å². The number of methoxy groups -OCH3 is 1. The van der Waals surface area contributed by atoms with Crippen LogP contribution in [0.3, 0.4) is 0 Å². The Bertz CT molecular complexity index is 809. The summed E-state index contributed by atoms with van der Waals surface area (Å²) in [5.41, 5.74) is 2.11. The van der Waals surface area contributed by atoms with Crippen molar-refractivity contribution in [3.05, 3.63) is 41.0 Å². The number of aromatic nitrogens is 3. The van der Waals surface area contributed by atoms with E-state index in [2.05, 4.69) is 15.5 Å². The lowest BCUT2D eigenvalue weighted by molar-refractivity contribution is -0.115. The van der Waals surface area contributed by atoms with Crippen LogP contribution in [0.1, 0.15) is 10.6 Å². The summed E-state index contributed by atoms with van der Waals surface area (Å²) >= 11 is 1.32. The van der Waals surface area contributed by atoms with Crippen molar-refractivity contribution < 1.29 is 9.53 Å². The summed E-state index contributed by atoms with van der Waals surface area (Å²) in [4.78, 5) is 12.2. The number of nitrogens with one attached hydrogen (secondary N) is 1. The highest BCUT2D eigenvalue weighted by Crippen LogP contribution is 2.21. The molecule has 22 heavy (non-hydrogen) atoms. The lowest BCUT2D eigenvalue weighted by Crippen LogP contribution is -2.14. The van der Waals surface area contributed by atoms with Gasteiger partial charge in [0.25, 0.3) is 0 Å². The second-order valence-electron chi connectivity index (χ2n) is 4.94. The third-order valence-corrected chi connectivity index (χ3v) is 4.12. The second kappa shape index (κ2) is 6.25.